The lowest BCUT2D eigenvalue weighted by molar-refractivity contribution is -0.141. The summed E-state index contributed by atoms with van der Waals surface area (Å²) in [6.07, 6.45) is 4.72. The molecular formula is C40H57N11O9. The summed E-state index contributed by atoms with van der Waals surface area (Å²) in [4.78, 5) is 129. The van der Waals surface area contributed by atoms with Crippen LogP contribution < -0.4 is 37.2 Å². The van der Waals surface area contributed by atoms with Gasteiger partial charge in [0.1, 0.15) is 17.8 Å². The van der Waals surface area contributed by atoms with Crippen molar-refractivity contribution in [2.75, 3.05) is 45.6 Å². The summed E-state index contributed by atoms with van der Waals surface area (Å²) in [7, 11) is 3.11. The molecule has 1 aliphatic heterocycles. The van der Waals surface area contributed by atoms with Crippen molar-refractivity contribution in [2.45, 2.75) is 78.0 Å². The maximum absolute atomic E-state index is 14.0. The van der Waals surface area contributed by atoms with Crippen molar-refractivity contribution in [3.8, 4) is 0 Å². The molecule has 5 atom stereocenters. The second kappa shape index (κ2) is 23.2. The van der Waals surface area contributed by atoms with Crippen LogP contribution in [0.1, 0.15) is 64.4 Å². The first kappa shape index (κ1) is 47.9. The van der Waals surface area contributed by atoms with Gasteiger partial charge in [-0.1, -0.05) is 59.2 Å². The number of para-hydroxylation sites is 1. The Hall–Kier alpha value is -6.47. The largest absolute Gasteiger partial charge is 0.349 e. The number of carbonyl (C=O) groups excluding carboxylic acids is 9. The molecule has 3 rings (SSSR count). The molecular weight excluding hydrogens is 779 g/mol. The highest BCUT2D eigenvalue weighted by molar-refractivity contribution is 6.38. The number of ketones is 1. The van der Waals surface area contributed by atoms with Gasteiger partial charge >= 0.3 is 6.03 Å². The predicted molar refractivity (Wildman–Crippen MR) is 219 cm³/mol. The van der Waals surface area contributed by atoms with Crippen LogP contribution in [-0.2, 0) is 33.6 Å². The summed E-state index contributed by atoms with van der Waals surface area (Å²) in [5.74, 6) is -7.40. The minimum atomic E-state index is -1.32. The third kappa shape index (κ3) is 14.7. The second-order valence-corrected chi connectivity index (χ2v) is 15.4. The van der Waals surface area contributed by atoms with Crippen LogP contribution in [0.15, 0.2) is 48.9 Å². The lowest BCUT2D eigenvalue weighted by Gasteiger charge is -2.26. The second-order valence-electron chi connectivity index (χ2n) is 15.4. The summed E-state index contributed by atoms with van der Waals surface area (Å²) in [5, 5.41) is 18.0. The van der Waals surface area contributed by atoms with Crippen molar-refractivity contribution in [1.82, 2.24) is 51.7 Å². The van der Waals surface area contributed by atoms with E-state index in [-0.39, 0.29) is 37.0 Å². The van der Waals surface area contributed by atoms with E-state index >= 15 is 0 Å². The van der Waals surface area contributed by atoms with Crippen LogP contribution in [0, 0.1) is 17.8 Å². The molecule has 20 heteroatoms. The van der Waals surface area contributed by atoms with E-state index in [1.54, 1.807) is 65.2 Å². The number of carbonyl (C=O) groups is 9. The number of likely N-dealkylation sites (tertiary alicyclic amines) is 1. The molecule has 7 N–H and O–H groups in total. The number of hydrogen-bond acceptors (Lipinski definition) is 11. The minimum Gasteiger partial charge on any atom is -0.349 e. The molecule has 0 unspecified atom stereocenters. The van der Waals surface area contributed by atoms with E-state index in [0.717, 1.165) is 0 Å². The normalized spacial score (nSPS) is 16.1. The molecule has 0 bridgehead atoms. The third-order valence-corrected chi connectivity index (χ3v) is 9.39. The van der Waals surface area contributed by atoms with Crippen molar-refractivity contribution in [1.29, 1.82) is 0 Å². The average Bonchev–Trinajstić information content (AvgIpc) is 3.64. The summed E-state index contributed by atoms with van der Waals surface area (Å²) in [6, 6.07) is 3.71. The Bertz CT molecular complexity index is 1840. The molecule has 1 aliphatic rings. The highest BCUT2D eigenvalue weighted by Gasteiger charge is 2.43. The van der Waals surface area contributed by atoms with Gasteiger partial charge in [-0.15, -0.1) is 0 Å². The number of rotatable bonds is 20. The van der Waals surface area contributed by atoms with Gasteiger partial charge in [0, 0.05) is 45.3 Å². The Morgan fingerprint density at radius 3 is 2.10 bits per heavy atom. The Morgan fingerprint density at radius 1 is 0.833 bits per heavy atom. The molecule has 9 amide bonds. The van der Waals surface area contributed by atoms with Crippen LogP contribution in [0.4, 0.5) is 10.5 Å². The van der Waals surface area contributed by atoms with Gasteiger partial charge in [-0.05, 0) is 36.8 Å². The fraction of sp³-hybridized carbons (Fsp3) is 0.525. The van der Waals surface area contributed by atoms with Gasteiger partial charge in [-0.3, -0.25) is 43.3 Å². The molecule has 60 heavy (non-hydrogen) atoms. The Labute approximate surface area is 349 Å². The van der Waals surface area contributed by atoms with Crippen LogP contribution in [0.5, 0.6) is 0 Å². The number of hydrogen-bond donors (Lipinski definition) is 7. The van der Waals surface area contributed by atoms with E-state index < -0.39 is 96.4 Å². The number of benzene rings is 1. The van der Waals surface area contributed by atoms with Crippen LogP contribution in [-0.4, -0.2) is 137 Å². The SMILES string of the molecule is CCC[C@H](NC(=O)[C@@H]1CN(C(=O)Nc2ccccc2)C[C@@H]1NC(=O)[C@@H](NC(=O)CNC(=O)c1cnccn1)C(C)C)C(=O)C(=O)NCC(=O)N[C@@H](CC(C)C)C(=O)N(C)C. The van der Waals surface area contributed by atoms with Crippen LogP contribution >= 0.6 is 0 Å². The van der Waals surface area contributed by atoms with Crippen molar-refractivity contribution >= 4 is 58.9 Å². The number of anilines is 1. The van der Waals surface area contributed by atoms with Gasteiger partial charge in [0.05, 0.1) is 37.3 Å². The fourth-order valence-corrected chi connectivity index (χ4v) is 6.30. The number of nitrogens with zero attached hydrogens (tertiary/aromatic N) is 4. The molecule has 1 fully saturated rings. The molecule has 2 aromatic rings. The molecule has 0 spiro atoms. The minimum absolute atomic E-state index is 0.00845. The van der Waals surface area contributed by atoms with Crippen LogP contribution in [0.3, 0.4) is 0 Å². The highest BCUT2D eigenvalue weighted by atomic mass is 16.2. The van der Waals surface area contributed by atoms with Gasteiger partial charge in [-0.25, -0.2) is 9.78 Å². The molecule has 0 radical (unpaired) electrons. The van der Waals surface area contributed by atoms with Gasteiger partial charge in [-0.2, -0.15) is 0 Å². The fourth-order valence-electron chi connectivity index (χ4n) is 6.30. The van der Waals surface area contributed by atoms with E-state index in [4.69, 9.17) is 0 Å². The average molecular weight is 836 g/mol. The maximum atomic E-state index is 14.0. The van der Waals surface area contributed by atoms with Gasteiger partial charge in [0.15, 0.2) is 0 Å². The van der Waals surface area contributed by atoms with Crippen molar-refractivity contribution < 1.29 is 43.2 Å². The molecule has 0 aliphatic carbocycles. The quantitative estimate of drug-likeness (QED) is 0.0843. The number of amides is 9. The first-order valence-corrected chi connectivity index (χ1v) is 19.8. The molecule has 326 valence electrons. The first-order valence-electron chi connectivity index (χ1n) is 19.8. The standard InChI is InChI=1S/C40H57N11O9/c1-8-12-27(34(54)38(58)44-19-31(52)46-28(17-23(2)3)39(59)50(6)7)47-35(55)26-21-51(40(60)45-25-13-10-9-11-14-25)22-30(26)48-37(57)33(24(4)5)49-32(53)20-43-36(56)29-18-41-15-16-42-29/h9-11,13-16,18,23-24,26-28,30,33H,8,12,17,19-22H2,1-7H3,(H,43,56)(H,44,58)(H,45,60)(H,46,52)(H,47,55)(H,48,57)(H,49,53)/t26-,27+,28+,30+,33+/m1/s1. The first-order chi connectivity index (χ1) is 28.4. The van der Waals surface area contributed by atoms with Crippen molar-refractivity contribution in [3.05, 3.63) is 54.6 Å². The molecule has 20 nitrogen and oxygen atoms in total. The zero-order valence-corrected chi connectivity index (χ0v) is 35.1. The Morgan fingerprint density at radius 2 is 1.50 bits per heavy atom. The topological polar surface area (TPSA) is 270 Å². The molecule has 0 saturated carbocycles. The van der Waals surface area contributed by atoms with E-state index in [2.05, 4.69) is 47.2 Å². The predicted octanol–water partition coefficient (Wildman–Crippen LogP) is -0.415. The lowest BCUT2D eigenvalue weighted by Crippen LogP contribution is -2.57. The van der Waals surface area contributed by atoms with E-state index in [9.17, 15) is 43.2 Å². The molecule has 1 saturated heterocycles. The molecule has 2 heterocycles. The van der Waals surface area contributed by atoms with Crippen LogP contribution in [0.25, 0.3) is 0 Å². The van der Waals surface area contributed by atoms with E-state index in [1.807, 2.05) is 13.8 Å². The van der Waals surface area contributed by atoms with Crippen LogP contribution in [0.2, 0.25) is 0 Å². The zero-order chi connectivity index (χ0) is 44.5. The van der Waals surface area contributed by atoms with E-state index in [0.29, 0.717) is 18.5 Å². The number of aromatic nitrogens is 2. The molecule has 1 aromatic carbocycles. The van der Waals surface area contributed by atoms with E-state index in [1.165, 1.54) is 28.4 Å². The number of Topliss-reactive ketones (excluding diaryl/α,β-unsaturated/α-hetero) is 1. The summed E-state index contributed by atoms with van der Waals surface area (Å²) < 4.78 is 0. The third-order valence-electron chi connectivity index (χ3n) is 9.39. The number of nitrogens with one attached hydrogen (secondary N) is 7. The summed E-state index contributed by atoms with van der Waals surface area (Å²) in [6.45, 7) is 7.49. The smallest absolute Gasteiger partial charge is 0.321 e. The summed E-state index contributed by atoms with van der Waals surface area (Å²) in [5.41, 5.74) is 0.476. The van der Waals surface area contributed by atoms with Gasteiger partial charge in [0.25, 0.3) is 11.8 Å². The Balaban J connectivity index is 1.73. The summed E-state index contributed by atoms with van der Waals surface area (Å²) >= 11 is 0. The van der Waals surface area contributed by atoms with Crippen molar-refractivity contribution in [3.63, 3.8) is 0 Å². The zero-order valence-electron chi connectivity index (χ0n) is 35.1. The Kier molecular flexibility index (Phi) is 18.5. The maximum Gasteiger partial charge on any atom is 0.321 e. The highest BCUT2D eigenvalue weighted by Crippen LogP contribution is 2.21. The number of urea groups is 1. The number of likely N-dealkylation sites (N-methyl/N-ethyl adjacent to an activating group) is 1. The van der Waals surface area contributed by atoms with Gasteiger partial charge < -0.3 is 47.0 Å². The van der Waals surface area contributed by atoms with Gasteiger partial charge in [0.2, 0.25) is 35.3 Å². The molecule has 1 aromatic heterocycles. The lowest BCUT2D eigenvalue weighted by atomic mass is 9.98. The van der Waals surface area contributed by atoms with Crippen molar-refractivity contribution in [2.24, 2.45) is 17.8 Å². The monoisotopic (exact) mass is 835 g/mol.